The Morgan fingerprint density at radius 3 is 2.39 bits per heavy atom. The Morgan fingerprint density at radius 2 is 1.94 bits per heavy atom. The maximum Gasteiger partial charge on any atom is 0.0693 e. The molecule has 0 heterocycles. The highest BCUT2D eigenvalue weighted by Crippen LogP contribution is 2.39. The number of methoxy groups -OCH3 is 1. The summed E-state index contributed by atoms with van der Waals surface area (Å²) in [5, 5.41) is 3.74. The molecule has 0 spiro atoms. The van der Waals surface area contributed by atoms with E-state index in [0.717, 1.165) is 12.5 Å². The molecule has 2 unspecified atom stereocenters. The van der Waals surface area contributed by atoms with E-state index in [1.54, 1.807) is 0 Å². The van der Waals surface area contributed by atoms with Crippen LogP contribution >= 0.6 is 0 Å². The van der Waals surface area contributed by atoms with Crippen LogP contribution in [0.3, 0.4) is 0 Å². The van der Waals surface area contributed by atoms with Gasteiger partial charge in [-0.2, -0.15) is 0 Å². The van der Waals surface area contributed by atoms with Crippen molar-refractivity contribution in [2.75, 3.05) is 13.7 Å². The second kappa shape index (κ2) is 8.16. The van der Waals surface area contributed by atoms with Crippen molar-refractivity contribution in [1.82, 2.24) is 5.32 Å². The third kappa shape index (κ3) is 4.89. The molecule has 0 aromatic carbocycles. The van der Waals surface area contributed by atoms with Crippen molar-refractivity contribution in [2.45, 2.75) is 83.8 Å². The van der Waals surface area contributed by atoms with Crippen LogP contribution in [0.1, 0.15) is 72.1 Å². The molecule has 0 bridgehead atoms. The van der Waals surface area contributed by atoms with Crippen LogP contribution in [0.15, 0.2) is 0 Å². The molecule has 0 aromatic rings. The fourth-order valence-electron chi connectivity index (χ4n) is 3.20. The average molecular weight is 255 g/mol. The summed E-state index contributed by atoms with van der Waals surface area (Å²) in [6, 6.07) is 0.645. The first-order valence-electron chi connectivity index (χ1n) is 7.94. The fourth-order valence-corrected chi connectivity index (χ4v) is 3.20. The first kappa shape index (κ1) is 16.0. The van der Waals surface area contributed by atoms with Gasteiger partial charge in [0.25, 0.3) is 0 Å². The Morgan fingerprint density at radius 1 is 1.22 bits per heavy atom. The quantitative estimate of drug-likeness (QED) is 0.633. The molecule has 1 saturated carbocycles. The lowest BCUT2D eigenvalue weighted by molar-refractivity contribution is -0.0845. The zero-order chi connectivity index (χ0) is 13.4. The zero-order valence-corrected chi connectivity index (χ0v) is 12.9. The molecule has 1 fully saturated rings. The number of ether oxygens (including phenoxy) is 1. The molecule has 1 N–H and O–H groups in total. The van der Waals surface area contributed by atoms with Crippen LogP contribution in [0, 0.1) is 5.92 Å². The lowest BCUT2D eigenvalue weighted by atomic mass is 9.74. The highest BCUT2D eigenvalue weighted by atomic mass is 16.5. The lowest BCUT2D eigenvalue weighted by Crippen LogP contribution is -2.46. The molecule has 18 heavy (non-hydrogen) atoms. The maximum absolute atomic E-state index is 5.79. The number of rotatable bonds is 10. The molecule has 2 atom stereocenters. The maximum atomic E-state index is 5.79. The molecule has 108 valence electrons. The van der Waals surface area contributed by atoms with Gasteiger partial charge in [0.2, 0.25) is 0 Å². The number of hydrogen-bond acceptors (Lipinski definition) is 2. The van der Waals surface area contributed by atoms with Gasteiger partial charge in [0.05, 0.1) is 5.60 Å². The summed E-state index contributed by atoms with van der Waals surface area (Å²) in [5.74, 6) is 0.832. The summed E-state index contributed by atoms with van der Waals surface area (Å²) < 4.78 is 5.79. The first-order valence-corrected chi connectivity index (χ1v) is 7.94. The Labute approximate surface area is 114 Å². The van der Waals surface area contributed by atoms with Crippen molar-refractivity contribution < 1.29 is 4.74 Å². The molecule has 2 nitrogen and oxygen atoms in total. The van der Waals surface area contributed by atoms with E-state index in [0.29, 0.717) is 6.04 Å². The molecule has 0 radical (unpaired) electrons. The summed E-state index contributed by atoms with van der Waals surface area (Å²) in [6.07, 6.45) is 10.3. The van der Waals surface area contributed by atoms with Gasteiger partial charge in [-0.25, -0.2) is 0 Å². The van der Waals surface area contributed by atoms with Gasteiger partial charge in [-0.1, -0.05) is 33.6 Å². The minimum Gasteiger partial charge on any atom is -0.378 e. The Kier molecular flexibility index (Phi) is 7.25. The largest absolute Gasteiger partial charge is 0.378 e. The van der Waals surface area contributed by atoms with Gasteiger partial charge >= 0.3 is 0 Å². The average Bonchev–Trinajstić information content (AvgIpc) is 2.30. The van der Waals surface area contributed by atoms with E-state index >= 15 is 0 Å². The summed E-state index contributed by atoms with van der Waals surface area (Å²) in [4.78, 5) is 0. The third-order valence-electron chi connectivity index (χ3n) is 4.47. The minimum absolute atomic E-state index is 0.206. The molecule has 0 saturated heterocycles. The van der Waals surface area contributed by atoms with Crippen molar-refractivity contribution in [3.63, 3.8) is 0 Å². The molecular formula is C16H33NO. The zero-order valence-electron chi connectivity index (χ0n) is 12.9. The van der Waals surface area contributed by atoms with Gasteiger partial charge in [0.15, 0.2) is 0 Å². The van der Waals surface area contributed by atoms with Crippen molar-refractivity contribution in [2.24, 2.45) is 5.92 Å². The van der Waals surface area contributed by atoms with Crippen molar-refractivity contribution in [3.05, 3.63) is 0 Å². The molecule has 1 aliphatic rings. The Bertz CT molecular complexity index is 208. The van der Waals surface area contributed by atoms with Gasteiger partial charge in [-0.3, -0.25) is 0 Å². The van der Waals surface area contributed by atoms with E-state index in [2.05, 4.69) is 26.1 Å². The molecule has 2 heteroatoms. The van der Waals surface area contributed by atoms with Gasteiger partial charge in [-0.05, 0) is 51.0 Å². The van der Waals surface area contributed by atoms with E-state index in [4.69, 9.17) is 4.74 Å². The van der Waals surface area contributed by atoms with Gasteiger partial charge in [-0.15, -0.1) is 0 Å². The molecule has 1 aliphatic carbocycles. The standard InChI is InChI=1S/C16H33NO/c1-5-8-14(3)12-15(17-11-6-2)13-16(18-4)9-7-10-16/h14-15,17H,5-13H2,1-4H3. The molecular weight excluding hydrogens is 222 g/mol. The smallest absolute Gasteiger partial charge is 0.0693 e. The van der Waals surface area contributed by atoms with Crippen LogP contribution in [0.5, 0.6) is 0 Å². The van der Waals surface area contributed by atoms with E-state index in [1.165, 1.54) is 51.4 Å². The van der Waals surface area contributed by atoms with E-state index in [-0.39, 0.29) is 5.60 Å². The van der Waals surface area contributed by atoms with Crippen LogP contribution in [0.4, 0.5) is 0 Å². The summed E-state index contributed by atoms with van der Waals surface area (Å²) in [6.45, 7) is 8.07. The normalized spacial score (nSPS) is 21.3. The second-order valence-electron chi connectivity index (χ2n) is 6.23. The third-order valence-corrected chi connectivity index (χ3v) is 4.47. The highest BCUT2D eigenvalue weighted by Gasteiger charge is 2.38. The first-order chi connectivity index (χ1) is 8.65. The predicted molar refractivity (Wildman–Crippen MR) is 79.0 cm³/mol. The molecule has 0 aliphatic heterocycles. The molecule has 0 amide bonds. The minimum atomic E-state index is 0.206. The monoisotopic (exact) mass is 255 g/mol. The summed E-state index contributed by atoms with van der Waals surface area (Å²) >= 11 is 0. The van der Waals surface area contributed by atoms with Gasteiger partial charge in [0.1, 0.15) is 0 Å². The number of nitrogens with one attached hydrogen (secondary N) is 1. The van der Waals surface area contributed by atoms with Crippen LogP contribution < -0.4 is 5.32 Å². The summed E-state index contributed by atoms with van der Waals surface area (Å²) in [5.41, 5.74) is 0.206. The predicted octanol–water partition coefficient (Wildman–Crippen LogP) is 4.14. The Balaban J connectivity index is 2.43. The van der Waals surface area contributed by atoms with Gasteiger partial charge < -0.3 is 10.1 Å². The van der Waals surface area contributed by atoms with E-state index in [9.17, 15) is 0 Å². The summed E-state index contributed by atoms with van der Waals surface area (Å²) in [7, 11) is 1.89. The van der Waals surface area contributed by atoms with Crippen LogP contribution in [0.2, 0.25) is 0 Å². The lowest BCUT2D eigenvalue weighted by Gasteiger charge is -2.43. The fraction of sp³-hybridized carbons (Fsp3) is 1.00. The van der Waals surface area contributed by atoms with Crippen LogP contribution in [-0.4, -0.2) is 25.3 Å². The van der Waals surface area contributed by atoms with Gasteiger partial charge in [0, 0.05) is 13.2 Å². The van der Waals surface area contributed by atoms with Crippen molar-refractivity contribution in [1.29, 1.82) is 0 Å². The highest BCUT2D eigenvalue weighted by molar-refractivity contribution is 4.93. The molecule has 1 rings (SSSR count). The van der Waals surface area contributed by atoms with E-state index in [1.807, 2.05) is 7.11 Å². The van der Waals surface area contributed by atoms with Crippen molar-refractivity contribution in [3.8, 4) is 0 Å². The second-order valence-corrected chi connectivity index (χ2v) is 6.23. The Hall–Kier alpha value is -0.0800. The van der Waals surface area contributed by atoms with Crippen LogP contribution in [-0.2, 0) is 4.74 Å². The number of hydrogen-bond donors (Lipinski definition) is 1. The van der Waals surface area contributed by atoms with Crippen LogP contribution in [0.25, 0.3) is 0 Å². The topological polar surface area (TPSA) is 21.3 Å². The van der Waals surface area contributed by atoms with Crippen molar-refractivity contribution >= 4 is 0 Å². The van der Waals surface area contributed by atoms with E-state index < -0.39 is 0 Å². The molecule has 0 aromatic heterocycles. The SMILES string of the molecule is CCCNC(CC(C)CCC)CC1(OC)CCC1.